The second-order valence-electron chi connectivity index (χ2n) is 4.61. The van der Waals surface area contributed by atoms with E-state index in [1.165, 1.54) is 20.1 Å². The minimum Gasteiger partial charge on any atom is -0.507 e. The molecule has 1 unspecified atom stereocenters. The van der Waals surface area contributed by atoms with Crippen molar-refractivity contribution in [1.29, 1.82) is 0 Å². The van der Waals surface area contributed by atoms with Crippen LogP contribution in [0.3, 0.4) is 0 Å². The number of aliphatic hydroxyl groups excluding tert-OH is 1. The average Bonchev–Trinajstić information content (AvgIpc) is 2.37. The van der Waals surface area contributed by atoms with Gasteiger partial charge in [0.1, 0.15) is 11.5 Å². The van der Waals surface area contributed by atoms with Gasteiger partial charge in [0.25, 0.3) is 0 Å². The molecule has 0 aromatic heterocycles. The first-order valence-corrected chi connectivity index (χ1v) is 5.97. The van der Waals surface area contributed by atoms with Crippen LogP contribution in [0.1, 0.15) is 33.2 Å². The van der Waals surface area contributed by atoms with Crippen molar-refractivity contribution in [2.24, 2.45) is 0 Å². The van der Waals surface area contributed by atoms with Crippen LogP contribution in [0.25, 0.3) is 0 Å². The van der Waals surface area contributed by atoms with E-state index in [-0.39, 0.29) is 28.9 Å². The van der Waals surface area contributed by atoms with Crippen LogP contribution in [0.2, 0.25) is 0 Å². The van der Waals surface area contributed by atoms with Crippen molar-refractivity contribution in [2.45, 2.75) is 19.4 Å². The molecular formula is C14H14O6. The van der Waals surface area contributed by atoms with E-state index >= 15 is 0 Å². The lowest BCUT2D eigenvalue weighted by molar-refractivity contribution is 0.0911. The van der Waals surface area contributed by atoms with Crippen molar-refractivity contribution in [3.05, 3.63) is 34.6 Å². The summed E-state index contributed by atoms with van der Waals surface area (Å²) in [6.45, 7) is 1.50. The monoisotopic (exact) mass is 278 g/mol. The van der Waals surface area contributed by atoms with Crippen LogP contribution in [0.15, 0.2) is 17.9 Å². The summed E-state index contributed by atoms with van der Waals surface area (Å²) in [7, 11) is 1.23. The number of Topliss-reactive ketones (excluding diaryl/α,β-unsaturated/α-hetero) is 1. The Morgan fingerprint density at radius 2 is 1.90 bits per heavy atom. The van der Waals surface area contributed by atoms with Gasteiger partial charge in [0.2, 0.25) is 5.78 Å². The van der Waals surface area contributed by atoms with Crippen LogP contribution in [-0.2, 0) is 11.2 Å². The van der Waals surface area contributed by atoms with Crippen LogP contribution in [0, 0.1) is 0 Å². The highest BCUT2D eigenvalue weighted by Crippen LogP contribution is 2.38. The van der Waals surface area contributed by atoms with Crippen molar-refractivity contribution in [1.82, 2.24) is 0 Å². The topological polar surface area (TPSA) is 104 Å². The van der Waals surface area contributed by atoms with Gasteiger partial charge in [0.15, 0.2) is 11.5 Å². The van der Waals surface area contributed by atoms with Gasteiger partial charge < -0.3 is 20.1 Å². The zero-order valence-electron chi connectivity index (χ0n) is 11.0. The van der Waals surface area contributed by atoms with E-state index in [1.807, 2.05) is 0 Å². The zero-order chi connectivity index (χ0) is 15.0. The lowest BCUT2D eigenvalue weighted by Gasteiger charge is -2.19. The first kappa shape index (κ1) is 14.1. The van der Waals surface area contributed by atoms with Gasteiger partial charge in [-0.05, 0) is 13.0 Å². The van der Waals surface area contributed by atoms with Crippen LogP contribution in [0.5, 0.6) is 11.5 Å². The highest BCUT2D eigenvalue weighted by molar-refractivity contribution is 6.26. The molecule has 0 fully saturated rings. The van der Waals surface area contributed by atoms with E-state index in [2.05, 4.69) is 0 Å². The predicted octanol–water partition coefficient (Wildman–Crippen LogP) is 0.930. The number of hydrogen-bond donors (Lipinski definition) is 3. The maximum atomic E-state index is 12.1. The fraction of sp³-hybridized carbons (Fsp3) is 0.286. The van der Waals surface area contributed by atoms with Gasteiger partial charge in [0, 0.05) is 18.1 Å². The van der Waals surface area contributed by atoms with Gasteiger partial charge >= 0.3 is 0 Å². The molecule has 106 valence electrons. The van der Waals surface area contributed by atoms with Crippen molar-refractivity contribution in [3.8, 4) is 11.5 Å². The Kier molecular flexibility index (Phi) is 3.50. The number of carbonyl (C=O) groups is 2. The Morgan fingerprint density at radius 3 is 2.45 bits per heavy atom. The van der Waals surface area contributed by atoms with Gasteiger partial charge in [-0.3, -0.25) is 9.59 Å². The summed E-state index contributed by atoms with van der Waals surface area (Å²) in [6.07, 6.45) is 0.239. The molecule has 0 amide bonds. The number of aromatic hydroxyl groups is 2. The van der Waals surface area contributed by atoms with Crippen LogP contribution < -0.4 is 0 Å². The Hall–Kier alpha value is -2.34. The van der Waals surface area contributed by atoms with E-state index in [0.717, 1.165) is 6.08 Å². The highest BCUT2D eigenvalue weighted by Gasteiger charge is 2.33. The molecule has 0 radical (unpaired) electrons. The molecule has 1 aliphatic carbocycles. The SMILES string of the molecule is COC1=CC(=O)c2c(O)cc(CC(C)O)c(O)c2C1=O. The van der Waals surface area contributed by atoms with Gasteiger partial charge in [-0.2, -0.15) is 0 Å². The van der Waals surface area contributed by atoms with Crippen LogP contribution >= 0.6 is 0 Å². The first-order chi connectivity index (χ1) is 9.36. The summed E-state index contributed by atoms with van der Waals surface area (Å²) in [6, 6.07) is 1.18. The summed E-state index contributed by atoms with van der Waals surface area (Å²) in [5, 5.41) is 29.4. The molecule has 1 aliphatic rings. The van der Waals surface area contributed by atoms with Crippen LogP contribution in [-0.4, -0.2) is 40.1 Å². The van der Waals surface area contributed by atoms with Crippen molar-refractivity contribution in [3.63, 3.8) is 0 Å². The number of fused-ring (bicyclic) bond motifs is 1. The third kappa shape index (κ3) is 2.14. The minimum atomic E-state index is -0.773. The summed E-state index contributed by atoms with van der Waals surface area (Å²) in [4.78, 5) is 24.0. The molecule has 1 aromatic rings. The normalized spacial score (nSPS) is 15.7. The van der Waals surface area contributed by atoms with Crippen LogP contribution in [0.4, 0.5) is 0 Å². The smallest absolute Gasteiger partial charge is 0.232 e. The fourth-order valence-corrected chi connectivity index (χ4v) is 2.19. The number of phenols is 2. The quantitative estimate of drug-likeness (QED) is 0.710. The second kappa shape index (κ2) is 4.97. The number of aliphatic hydroxyl groups is 1. The molecule has 0 heterocycles. The fourth-order valence-electron chi connectivity index (χ4n) is 2.19. The Bertz CT molecular complexity index is 627. The van der Waals surface area contributed by atoms with Gasteiger partial charge in [-0.15, -0.1) is 0 Å². The minimum absolute atomic E-state index is 0.0418. The Morgan fingerprint density at radius 1 is 1.25 bits per heavy atom. The molecule has 1 aromatic carbocycles. The van der Waals surface area contributed by atoms with Gasteiger partial charge in [-0.25, -0.2) is 0 Å². The first-order valence-electron chi connectivity index (χ1n) is 5.97. The van der Waals surface area contributed by atoms with Crippen molar-refractivity contribution in [2.75, 3.05) is 7.11 Å². The van der Waals surface area contributed by atoms with Crippen molar-refractivity contribution >= 4 is 11.6 Å². The molecule has 0 spiro atoms. The number of hydrogen-bond acceptors (Lipinski definition) is 6. The summed E-state index contributed by atoms with van der Waals surface area (Å²) in [5.41, 5.74) is -0.345. The standard InChI is InChI=1S/C14H14O6/c1-6(15)3-7-4-8(16)11-9(17)5-10(20-2)14(19)12(11)13(7)18/h4-6,15-16,18H,3H2,1-2H3. The molecule has 0 bridgehead atoms. The molecule has 6 heteroatoms. The predicted molar refractivity (Wildman–Crippen MR) is 68.9 cm³/mol. The van der Waals surface area contributed by atoms with E-state index in [1.54, 1.807) is 0 Å². The third-order valence-electron chi connectivity index (χ3n) is 3.05. The molecule has 0 saturated carbocycles. The number of carbonyl (C=O) groups excluding carboxylic acids is 2. The van der Waals surface area contributed by atoms with E-state index in [9.17, 15) is 24.9 Å². The number of ketones is 2. The summed E-state index contributed by atoms with van der Waals surface area (Å²) >= 11 is 0. The molecule has 0 aliphatic heterocycles. The maximum Gasteiger partial charge on any atom is 0.232 e. The van der Waals surface area contributed by atoms with Gasteiger partial charge in [0.05, 0.1) is 24.3 Å². The van der Waals surface area contributed by atoms with E-state index < -0.39 is 29.2 Å². The number of benzene rings is 1. The van der Waals surface area contributed by atoms with E-state index in [4.69, 9.17) is 4.74 Å². The molecule has 6 nitrogen and oxygen atoms in total. The lowest BCUT2D eigenvalue weighted by Crippen LogP contribution is -2.19. The molecule has 3 N–H and O–H groups in total. The molecule has 0 saturated heterocycles. The maximum absolute atomic E-state index is 12.1. The summed E-state index contributed by atoms with van der Waals surface area (Å²) < 4.78 is 4.80. The third-order valence-corrected chi connectivity index (χ3v) is 3.05. The molecule has 1 atom stereocenters. The molecular weight excluding hydrogens is 264 g/mol. The number of methoxy groups -OCH3 is 1. The number of rotatable bonds is 3. The second-order valence-corrected chi connectivity index (χ2v) is 4.61. The summed E-state index contributed by atoms with van der Waals surface area (Å²) in [5.74, 6) is -2.32. The van der Waals surface area contributed by atoms with E-state index in [0.29, 0.717) is 0 Å². The number of phenolic OH excluding ortho intramolecular Hbond substituents is 2. The largest absolute Gasteiger partial charge is 0.507 e. The molecule has 20 heavy (non-hydrogen) atoms. The van der Waals surface area contributed by atoms with Crippen molar-refractivity contribution < 1.29 is 29.6 Å². The number of ether oxygens (including phenoxy) is 1. The number of allylic oxidation sites excluding steroid dienone is 2. The van der Waals surface area contributed by atoms with Gasteiger partial charge in [-0.1, -0.05) is 0 Å². The highest BCUT2D eigenvalue weighted by atomic mass is 16.5. The Labute approximate surface area is 114 Å². The Balaban J connectivity index is 2.68. The lowest BCUT2D eigenvalue weighted by atomic mass is 9.88. The molecule has 2 rings (SSSR count). The average molecular weight is 278 g/mol. The zero-order valence-corrected chi connectivity index (χ0v) is 11.0.